The molecule has 0 spiro atoms. The van der Waals surface area contributed by atoms with Gasteiger partial charge in [-0.2, -0.15) is 0 Å². The highest BCUT2D eigenvalue weighted by atomic mass is 16.4. The number of nitrogens with two attached hydrogens (primary N) is 2. The zero-order valence-corrected chi connectivity index (χ0v) is 18.4. The molecule has 13 heteroatoms. The average molecular weight is 460 g/mol. The average Bonchev–Trinajstić information content (AvgIpc) is 2.66. The molecule has 0 aliphatic rings. The van der Waals surface area contributed by atoms with Gasteiger partial charge in [-0.05, 0) is 32.1 Å². The van der Waals surface area contributed by atoms with Gasteiger partial charge in [0, 0.05) is 12.8 Å². The first-order chi connectivity index (χ1) is 14.7. The van der Waals surface area contributed by atoms with Gasteiger partial charge in [-0.15, -0.1) is 0 Å². The van der Waals surface area contributed by atoms with Gasteiger partial charge in [0.05, 0.1) is 6.04 Å². The second-order valence-electron chi connectivity index (χ2n) is 7.86. The quantitative estimate of drug-likeness (QED) is 0.144. The van der Waals surface area contributed by atoms with E-state index in [1.165, 1.54) is 6.92 Å². The van der Waals surface area contributed by atoms with Gasteiger partial charge in [-0.1, -0.05) is 13.8 Å². The summed E-state index contributed by atoms with van der Waals surface area (Å²) in [5.41, 5.74) is 10.9. The summed E-state index contributed by atoms with van der Waals surface area (Å²) in [6, 6.07) is -4.87. The molecular formula is C19H33N5O8. The number of aliphatic carboxylic acids is 2. The van der Waals surface area contributed by atoms with Crippen LogP contribution in [-0.2, 0) is 28.8 Å². The van der Waals surface area contributed by atoms with E-state index >= 15 is 0 Å². The summed E-state index contributed by atoms with van der Waals surface area (Å²) in [5.74, 6) is -5.60. The van der Waals surface area contributed by atoms with Gasteiger partial charge in [0.2, 0.25) is 23.6 Å². The molecule has 32 heavy (non-hydrogen) atoms. The van der Waals surface area contributed by atoms with Gasteiger partial charge in [-0.3, -0.25) is 28.8 Å². The molecule has 0 fully saturated rings. The number of hydrogen-bond acceptors (Lipinski definition) is 7. The number of amides is 4. The summed E-state index contributed by atoms with van der Waals surface area (Å²) in [6.45, 7) is 4.91. The van der Waals surface area contributed by atoms with E-state index in [0.717, 1.165) is 0 Å². The molecule has 0 aliphatic carbocycles. The standard InChI is InChI=1S/C19H33N5O8/c1-9(2)8-11(20)16(28)23-12(4-6-14(21)25)18(30)24-13(5-7-15(26)27)17(29)22-10(3)19(31)32/h9-13H,4-8,20H2,1-3H3,(H2,21,25)(H,22,29)(H,23,28)(H,24,30)(H,26,27)(H,31,32). The van der Waals surface area contributed by atoms with Crippen LogP contribution in [0.1, 0.15) is 52.9 Å². The molecular weight excluding hydrogens is 426 g/mol. The first-order valence-electron chi connectivity index (χ1n) is 10.1. The van der Waals surface area contributed by atoms with Crippen molar-refractivity contribution in [2.24, 2.45) is 17.4 Å². The molecule has 4 atom stereocenters. The van der Waals surface area contributed by atoms with Crippen molar-refractivity contribution in [3.8, 4) is 0 Å². The van der Waals surface area contributed by atoms with Crippen LogP contribution in [0.4, 0.5) is 0 Å². The van der Waals surface area contributed by atoms with Crippen LogP contribution in [0, 0.1) is 5.92 Å². The molecule has 0 saturated heterocycles. The molecule has 0 saturated carbocycles. The molecule has 0 rings (SSSR count). The van der Waals surface area contributed by atoms with Crippen molar-refractivity contribution in [3.63, 3.8) is 0 Å². The molecule has 0 aromatic rings. The van der Waals surface area contributed by atoms with Gasteiger partial charge in [0.25, 0.3) is 0 Å². The molecule has 0 aliphatic heterocycles. The molecule has 0 aromatic carbocycles. The maximum atomic E-state index is 12.8. The van der Waals surface area contributed by atoms with Crippen LogP contribution in [0.15, 0.2) is 0 Å². The van der Waals surface area contributed by atoms with E-state index in [1.807, 2.05) is 13.8 Å². The van der Waals surface area contributed by atoms with Crippen molar-refractivity contribution in [1.29, 1.82) is 0 Å². The summed E-state index contributed by atoms with van der Waals surface area (Å²) >= 11 is 0. The lowest BCUT2D eigenvalue weighted by Gasteiger charge is -2.24. The minimum atomic E-state index is -1.39. The van der Waals surface area contributed by atoms with Crippen LogP contribution in [0.3, 0.4) is 0 Å². The van der Waals surface area contributed by atoms with Crippen molar-refractivity contribution < 1.29 is 39.0 Å². The largest absolute Gasteiger partial charge is 0.481 e. The predicted octanol–water partition coefficient (Wildman–Crippen LogP) is -1.95. The summed E-state index contributed by atoms with van der Waals surface area (Å²) in [4.78, 5) is 70.5. The Morgan fingerprint density at radius 2 is 1.25 bits per heavy atom. The molecule has 0 heterocycles. The Morgan fingerprint density at radius 1 is 0.781 bits per heavy atom. The Labute approximate surface area is 185 Å². The van der Waals surface area contributed by atoms with Crippen LogP contribution in [0.25, 0.3) is 0 Å². The van der Waals surface area contributed by atoms with E-state index in [9.17, 15) is 28.8 Å². The molecule has 0 radical (unpaired) electrons. The molecule has 9 N–H and O–H groups in total. The lowest BCUT2D eigenvalue weighted by atomic mass is 10.0. The number of carbonyl (C=O) groups excluding carboxylic acids is 4. The normalized spacial score (nSPS) is 14.5. The Hall–Kier alpha value is -3.22. The van der Waals surface area contributed by atoms with Gasteiger partial charge < -0.3 is 37.6 Å². The zero-order valence-electron chi connectivity index (χ0n) is 18.4. The van der Waals surface area contributed by atoms with Crippen LogP contribution < -0.4 is 27.4 Å². The van der Waals surface area contributed by atoms with Gasteiger partial charge in [-0.25, -0.2) is 0 Å². The lowest BCUT2D eigenvalue weighted by molar-refractivity contribution is -0.142. The number of hydrogen-bond donors (Lipinski definition) is 7. The number of rotatable bonds is 15. The zero-order chi connectivity index (χ0) is 25.0. The SMILES string of the molecule is CC(C)CC(N)C(=O)NC(CCC(N)=O)C(=O)NC(CCC(=O)O)C(=O)NC(C)C(=O)O. The second kappa shape index (κ2) is 14.0. The highest BCUT2D eigenvalue weighted by Crippen LogP contribution is 2.06. The minimum absolute atomic E-state index is 0.106. The summed E-state index contributed by atoms with van der Waals surface area (Å²) in [6.07, 6.45) is -0.910. The van der Waals surface area contributed by atoms with E-state index in [4.69, 9.17) is 21.7 Å². The van der Waals surface area contributed by atoms with Crippen LogP contribution >= 0.6 is 0 Å². The Kier molecular flexibility index (Phi) is 12.6. The maximum Gasteiger partial charge on any atom is 0.325 e. The molecule has 0 bridgehead atoms. The van der Waals surface area contributed by atoms with E-state index in [2.05, 4.69) is 16.0 Å². The number of carbonyl (C=O) groups is 6. The van der Waals surface area contributed by atoms with Crippen molar-refractivity contribution >= 4 is 35.6 Å². The van der Waals surface area contributed by atoms with Crippen molar-refractivity contribution in [2.45, 2.75) is 77.0 Å². The van der Waals surface area contributed by atoms with E-state index in [1.54, 1.807) is 0 Å². The fourth-order valence-electron chi connectivity index (χ4n) is 2.63. The van der Waals surface area contributed by atoms with E-state index in [-0.39, 0.29) is 25.2 Å². The highest BCUT2D eigenvalue weighted by molar-refractivity contribution is 5.94. The third-order valence-electron chi connectivity index (χ3n) is 4.38. The van der Waals surface area contributed by atoms with E-state index < -0.39 is 66.2 Å². The predicted molar refractivity (Wildman–Crippen MR) is 112 cm³/mol. The molecule has 0 aromatic heterocycles. The Morgan fingerprint density at radius 3 is 1.69 bits per heavy atom. The lowest BCUT2D eigenvalue weighted by Crippen LogP contribution is -2.57. The van der Waals surface area contributed by atoms with E-state index in [0.29, 0.717) is 6.42 Å². The first kappa shape index (κ1) is 28.8. The summed E-state index contributed by atoms with van der Waals surface area (Å²) in [5, 5.41) is 24.7. The fraction of sp³-hybridized carbons (Fsp3) is 0.684. The fourth-order valence-corrected chi connectivity index (χ4v) is 2.63. The van der Waals surface area contributed by atoms with Crippen molar-refractivity contribution in [1.82, 2.24) is 16.0 Å². The highest BCUT2D eigenvalue weighted by Gasteiger charge is 2.30. The Balaban J connectivity index is 5.46. The summed E-state index contributed by atoms with van der Waals surface area (Å²) in [7, 11) is 0. The first-order valence-corrected chi connectivity index (χ1v) is 10.1. The third kappa shape index (κ3) is 11.8. The topological polar surface area (TPSA) is 231 Å². The van der Waals surface area contributed by atoms with Gasteiger partial charge in [0.1, 0.15) is 18.1 Å². The van der Waals surface area contributed by atoms with Crippen LogP contribution in [0.5, 0.6) is 0 Å². The molecule has 13 nitrogen and oxygen atoms in total. The molecule has 4 unspecified atom stereocenters. The van der Waals surface area contributed by atoms with Crippen molar-refractivity contribution in [3.05, 3.63) is 0 Å². The molecule has 4 amide bonds. The number of carboxylic acids is 2. The summed E-state index contributed by atoms with van der Waals surface area (Å²) < 4.78 is 0. The smallest absolute Gasteiger partial charge is 0.325 e. The van der Waals surface area contributed by atoms with Crippen LogP contribution in [0.2, 0.25) is 0 Å². The Bertz CT molecular complexity index is 712. The second-order valence-corrected chi connectivity index (χ2v) is 7.86. The van der Waals surface area contributed by atoms with Crippen LogP contribution in [-0.4, -0.2) is 69.9 Å². The third-order valence-corrected chi connectivity index (χ3v) is 4.38. The maximum absolute atomic E-state index is 12.8. The number of carboxylic acid groups (broad SMARTS) is 2. The minimum Gasteiger partial charge on any atom is -0.481 e. The molecule has 182 valence electrons. The van der Waals surface area contributed by atoms with Gasteiger partial charge in [0.15, 0.2) is 0 Å². The van der Waals surface area contributed by atoms with Crippen molar-refractivity contribution in [2.75, 3.05) is 0 Å². The monoisotopic (exact) mass is 459 g/mol. The number of nitrogens with one attached hydrogen (secondary N) is 3. The number of primary amides is 1. The van der Waals surface area contributed by atoms with Gasteiger partial charge >= 0.3 is 11.9 Å².